The van der Waals surface area contributed by atoms with Crippen LogP contribution in [0.1, 0.15) is 42.9 Å². The fourth-order valence-electron chi connectivity index (χ4n) is 4.50. The van der Waals surface area contributed by atoms with Crippen LogP contribution in [0.4, 0.5) is 0 Å². The number of hydrogen-bond donors (Lipinski definition) is 0. The molecule has 130 valence electrons. The molecule has 2 aromatic rings. The highest BCUT2D eigenvalue weighted by molar-refractivity contribution is 5.77. The molecule has 1 saturated carbocycles. The van der Waals surface area contributed by atoms with Crippen molar-refractivity contribution < 1.29 is 9.53 Å². The normalized spacial score (nSPS) is 24.0. The summed E-state index contributed by atoms with van der Waals surface area (Å²) >= 11 is 0. The monoisotopic (exact) mass is 335 g/mol. The highest BCUT2D eigenvalue weighted by Gasteiger charge is 2.43. The van der Waals surface area contributed by atoms with Crippen LogP contribution in [0.15, 0.2) is 60.7 Å². The number of esters is 1. The van der Waals surface area contributed by atoms with E-state index in [4.69, 9.17) is 4.74 Å². The Hall–Kier alpha value is -2.13. The number of likely N-dealkylation sites (tertiary alicyclic amines) is 1. The molecule has 0 spiro atoms. The summed E-state index contributed by atoms with van der Waals surface area (Å²) in [6.07, 6.45) is 5.01. The lowest BCUT2D eigenvalue weighted by Gasteiger charge is -2.31. The molecule has 0 N–H and O–H groups in total. The van der Waals surface area contributed by atoms with E-state index < -0.39 is 0 Å². The first-order chi connectivity index (χ1) is 12.3. The summed E-state index contributed by atoms with van der Waals surface area (Å²) in [5.74, 6) is 0.635. The van der Waals surface area contributed by atoms with E-state index in [0.717, 1.165) is 23.6 Å². The molecule has 0 amide bonds. The van der Waals surface area contributed by atoms with Gasteiger partial charge in [-0.1, -0.05) is 67.1 Å². The Labute approximate surface area is 149 Å². The van der Waals surface area contributed by atoms with Gasteiger partial charge in [-0.15, -0.1) is 0 Å². The van der Waals surface area contributed by atoms with Gasteiger partial charge in [-0.25, -0.2) is 4.79 Å². The SMILES string of the molecule is O=C(OCc1ccccc1)[C@@H](c1ccccc1)N1CC[C@H]2CCC[C@H]21. The topological polar surface area (TPSA) is 29.5 Å². The highest BCUT2D eigenvalue weighted by atomic mass is 16.5. The van der Waals surface area contributed by atoms with Crippen molar-refractivity contribution in [2.75, 3.05) is 6.54 Å². The van der Waals surface area contributed by atoms with Crippen molar-refractivity contribution in [3.8, 4) is 0 Å². The number of carbonyl (C=O) groups excluding carboxylic acids is 1. The van der Waals surface area contributed by atoms with Crippen LogP contribution in [-0.2, 0) is 16.1 Å². The number of fused-ring (bicyclic) bond motifs is 1. The third-order valence-electron chi connectivity index (χ3n) is 5.70. The maximum absolute atomic E-state index is 13.0. The van der Waals surface area contributed by atoms with E-state index in [0.29, 0.717) is 12.6 Å². The van der Waals surface area contributed by atoms with Gasteiger partial charge in [0, 0.05) is 6.04 Å². The summed E-state index contributed by atoms with van der Waals surface area (Å²) in [6.45, 7) is 1.33. The van der Waals surface area contributed by atoms with Gasteiger partial charge in [-0.3, -0.25) is 4.90 Å². The van der Waals surface area contributed by atoms with E-state index in [1.807, 2.05) is 48.5 Å². The molecule has 1 saturated heterocycles. The molecular weight excluding hydrogens is 310 g/mol. The smallest absolute Gasteiger partial charge is 0.328 e. The van der Waals surface area contributed by atoms with Crippen LogP contribution in [0, 0.1) is 5.92 Å². The molecule has 1 aliphatic heterocycles. The van der Waals surface area contributed by atoms with Gasteiger partial charge in [0.2, 0.25) is 0 Å². The number of carbonyl (C=O) groups is 1. The predicted octanol–water partition coefficient (Wildman–Crippen LogP) is 4.35. The van der Waals surface area contributed by atoms with E-state index >= 15 is 0 Å². The Kier molecular flexibility index (Phi) is 4.84. The number of rotatable bonds is 5. The van der Waals surface area contributed by atoms with Crippen LogP contribution >= 0.6 is 0 Å². The minimum absolute atomic E-state index is 0.123. The van der Waals surface area contributed by atoms with E-state index in [2.05, 4.69) is 17.0 Å². The minimum atomic E-state index is -0.280. The molecule has 3 nitrogen and oxygen atoms in total. The largest absolute Gasteiger partial charge is 0.459 e. The summed E-state index contributed by atoms with van der Waals surface area (Å²) in [7, 11) is 0. The minimum Gasteiger partial charge on any atom is -0.459 e. The highest BCUT2D eigenvalue weighted by Crippen LogP contribution is 2.42. The summed E-state index contributed by atoms with van der Waals surface area (Å²) in [5, 5.41) is 0. The van der Waals surface area contributed by atoms with Crippen LogP contribution in [0.3, 0.4) is 0 Å². The zero-order valence-corrected chi connectivity index (χ0v) is 14.5. The van der Waals surface area contributed by atoms with Gasteiger partial charge in [0.1, 0.15) is 12.6 Å². The van der Waals surface area contributed by atoms with Crippen molar-refractivity contribution >= 4 is 5.97 Å². The van der Waals surface area contributed by atoms with Gasteiger partial charge in [0.15, 0.2) is 0 Å². The molecule has 3 heteroatoms. The second-order valence-electron chi connectivity index (χ2n) is 7.19. The second-order valence-corrected chi connectivity index (χ2v) is 7.19. The van der Waals surface area contributed by atoms with Gasteiger partial charge >= 0.3 is 5.97 Å². The van der Waals surface area contributed by atoms with E-state index in [-0.39, 0.29) is 12.0 Å². The third kappa shape index (κ3) is 3.47. The Bertz CT molecular complexity index is 700. The van der Waals surface area contributed by atoms with E-state index in [9.17, 15) is 4.79 Å². The van der Waals surface area contributed by atoms with Crippen LogP contribution in [0.5, 0.6) is 0 Å². The average Bonchev–Trinajstić information content (AvgIpc) is 3.27. The molecule has 2 aliphatic rings. The van der Waals surface area contributed by atoms with Crippen molar-refractivity contribution in [3.63, 3.8) is 0 Å². The lowest BCUT2D eigenvalue weighted by molar-refractivity contribution is -0.152. The van der Waals surface area contributed by atoms with Gasteiger partial charge in [-0.2, -0.15) is 0 Å². The summed E-state index contributed by atoms with van der Waals surface area (Å²) in [6, 6.07) is 20.3. The maximum Gasteiger partial charge on any atom is 0.328 e. The molecule has 0 bridgehead atoms. The van der Waals surface area contributed by atoms with Gasteiger partial charge < -0.3 is 4.74 Å². The van der Waals surface area contributed by atoms with Crippen molar-refractivity contribution in [2.24, 2.45) is 5.92 Å². The molecule has 1 aliphatic carbocycles. The maximum atomic E-state index is 13.0. The van der Waals surface area contributed by atoms with Crippen molar-refractivity contribution in [1.82, 2.24) is 4.90 Å². The Morgan fingerprint density at radius 2 is 1.72 bits per heavy atom. The van der Waals surface area contributed by atoms with Crippen molar-refractivity contribution in [1.29, 1.82) is 0 Å². The summed E-state index contributed by atoms with van der Waals surface area (Å²) < 4.78 is 5.72. The zero-order valence-electron chi connectivity index (χ0n) is 14.5. The van der Waals surface area contributed by atoms with Gasteiger partial charge in [0.25, 0.3) is 0 Å². The molecule has 4 rings (SSSR count). The number of benzene rings is 2. The Morgan fingerprint density at radius 1 is 1.00 bits per heavy atom. The molecule has 3 atom stereocenters. The lowest BCUT2D eigenvalue weighted by Crippen LogP contribution is -2.39. The van der Waals surface area contributed by atoms with Crippen LogP contribution in [-0.4, -0.2) is 23.5 Å². The summed E-state index contributed by atoms with van der Waals surface area (Å²) in [4.78, 5) is 15.4. The van der Waals surface area contributed by atoms with Gasteiger partial charge in [0.05, 0.1) is 0 Å². The standard InChI is InChI=1S/C22H25NO2/c24-22(25-16-17-8-3-1-4-9-17)21(19-10-5-2-6-11-19)23-15-14-18-12-7-13-20(18)23/h1-6,8-11,18,20-21H,7,12-16H2/t18-,20-,21-/m1/s1. The number of hydrogen-bond acceptors (Lipinski definition) is 3. The lowest BCUT2D eigenvalue weighted by atomic mass is 10.0. The van der Waals surface area contributed by atoms with Crippen molar-refractivity contribution in [3.05, 3.63) is 71.8 Å². The van der Waals surface area contributed by atoms with Crippen molar-refractivity contribution in [2.45, 2.75) is 44.4 Å². The zero-order chi connectivity index (χ0) is 17.1. The molecule has 0 radical (unpaired) electrons. The first-order valence-electron chi connectivity index (χ1n) is 9.34. The fourth-order valence-corrected chi connectivity index (χ4v) is 4.50. The molecule has 0 unspecified atom stereocenters. The summed E-state index contributed by atoms with van der Waals surface area (Å²) in [5.41, 5.74) is 2.08. The van der Waals surface area contributed by atoms with Crippen LogP contribution in [0.2, 0.25) is 0 Å². The Morgan fingerprint density at radius 3 is 2.48 bits per heavy atom. The number of nitrogens with zero attached hydrogens (tertiary/aromatic N) is 1. The molecule has 2 aromatic carbocycles. The van der Waals surface area contributed by atoms with Crippen LogP contribution in [0.25, 0.3) is 0 Å². The quantitative estimate of drug-likeness (QED) is 0.761. The first kappa shape index (κ1) is 16.3. The Balaban J connectivity index is 1.54. The third-order valence-corrected chi connectivity index (χ3v) is 5.70. The molecule has 1 heterocycles. The molecule has 0 aromatic heterocycles. The predicted molar refractivity (Wildman–Crippen MR) is 97.9 cm³/mol. The fraction of sp³-hybridized carbons (Fsp3) is 0.409. The molecule has 25 heavy (non-hydrogen) atoms. The molecule has 2 fully saturated rings. The van der Waals surface area contributed by atoms with E-state index in [1.165, 1.54) is 25.7 Å². The number of ether oxygens (including phenoxy) is 1. The second kappa shape index (κ2) is 7.40. The average molecular weight is 335 g/mol. The first-order valence-corrected chi connectivity index (χ1v) is 9.34. The molecular formula is C22H25NO2. The van der Waals surface area contributed by atoms with Crippen LogP contribution < -0.4 is 0 Å². The van der Waals surface area contributed by atoms with Gasteiger partial charge in [-0.05, 0) is 42.9 Å². The van der Waals surface area contributed by atoms with E-state index in [1.54, 1.807) is 0 Å².